The first-order valence-electron chi connectivity index (χ1n) is 8.35. The van der Waals surface area contributed by atoms with Gasteiger partial charge in [0.2, 0.25) is 5.91 Å². The normalized spacial score (nSPS) is 10.5. The first-order chi connectivity index (χ1) is 13.5. The Labute approximate surface area is 166 Å². The Morgan fingerprint density at radius 1 is 1.18 bits per heavy atom. The highest BCUT2D eigenvalue weighted by atomic mass is 32.2. The molecule has 2 aromatic carbocycles. The molecule has 0 atom stereocenters. The third-order valence-corrected chi connectivity index (χ3v) is 4.94. The molecule has 9 heteroatoms. The summed E-state index contributed by atoms with van der Waals surface area (Å²) < 4.78 is 6.53. The van der Waals surface area contributed by atoms with E-state index in [1.165, 1.54) is 18.9 Å². The van der Waals surface area contributed by atoms with Crippen LogP contribution in [0.1, 0.15) is 10.4 Å². The maximum absolute atomic E-state index is 12.3. The fourth-order valence-electron chi connectivity index (χ4n) is 2.57. The zero-order valence-corrected chi connectivity index (χ0v) is 16.2. The predicted molar refractivity (Wildman–Crippen MR) is 108 cm³/mol. The van der Waals surface area contributed by atoms with Gasteiger partial charge in [0, 0.05) is 18.3 Å². The molecule has 0 unspecified atom stereocenters. The van der Waals surface area contributed by atoms with Crippen LogP contribution in [0.2, 0.25) is 0 Å². The number of methoxy groups -OCH3 is 1. The number of amides is 1. The smallest absolute Gasteiger partial charge is 0.339 e. The predicted octanol–water partition coefficient (Wildman–Crippen LogP) is 2.58. The first-order valence-corrected chi connectivity index (χ1v) is 9.33. The number of nitrogens with one attached hydrogen (secondary N) is 1. The summed E-state index contributed by atoms with van der Waals surface area (Å²) in [6.07, 6.45) is 0. The maximum Gasteiger partial charge on any atom is 0.339 e. The minimum Gasteiger partial charge on any atom is -0.465 e. The molecule has 0 aliphatic rings. The monoisotopic (exact) mass is 397 g/mol. The average Bonchev–Trinajstić information content (AvgIpc) is 3.06. The number of nitrogens with zero attached hydrogens (tertiary/aromatic N) is 3. The number of nitrogens with two attached hydrogens (primary N) is 1. The molecule has 0 bridgehead atoms. The van der Waals surface area contributed by atoms with E-state index >= 15 is 0 Å². The number of nitrogen functional groups attached to an aromatic ring is 1. The molecule has 3 rings (SSSR count). The van der Waals surface area contributed by atoms with E-state index in [-0.39, 0.29) is 11.7 Å². The third-order valence-electron chi connectivity index (χ3n) is 3.92. The highest BCUT2D eigenvalue weighted by Crippen LogP contribution is 2.24. The summed E-state index contributed by atoms with van der Waals surface area (Å²) in [6, 6.07) is 14.0. The van der Waals surface area contributed by atoms with Gasteiger partial charge < -0.3 is 20.4 Å². The summed E-state index contributed by atoms with van der Waals surface area (Å²) in [5.74, 6) is -0.0111. The Hall–Kier alpha value is -3.33. The molecule has 1 heterocycles. The lowest BCUT2D eigenvalue weighted by Crippen LogP contribution is -2.17. The van der Waals surface area contributed by atoms with Crippen LogP contribution >= 0.6 is 11.8 Å². The van der Waals surface area contributed by atoms with Crippen LogP contribution in [0, 0.1) is 0 Å². The summed E-state index contributed by atoms with van der Waals surface area (Å²) in [6.45, 7) is 0. The molecule has 3 N–H and O–H groups in total. The van der Waals surface area contributed by atoms with E-state index < -0.39 is 5.97 Å². The highest BCUT2D eigenvalue weighted by molar-refractivity contribution is 7.99. The molecule has 0 aliphatic carbocycles. The lowest BCUT2D eigenvalue weighted by atomic mass is 10.2. The SMILES string of the molecule is COC(=O)c1ccccc1NC(=O)CSc1nnc(-c2cccc(N)c2)n1C. The van der Waals surface area contributed by atoms with Crippen LogP contribution < -0.4 is 11.1 Å². The largest absolute Gasteiger partial charge is 0.465 e. The summed E-state index contributed by atoms with van der Waals surface area (Å²) in [7, 11) is 3.12. The van der Waals surface area contributed by atoms with Crippen molar-refractivity contribution in [1.29, 1.82) is 0 Å². The number of anilines is 2. The van der Waals surface area contributed by atoms with Gasteiger partial charge in [0.25, 0.3) is 0 Å². The van der Waals surface area contributed by atoms with Crippen molar-refractivity contribution in [1.82, 2.24) is 14.8 Å². The number of para-hydroxylation sites is 1. The lowest BCUT2D eigenvalue weighted by molar-refractivity contribution is -0.113. The van der Waals surface area contributed by atoms with Crippen molar-refractivity contribution in [2.75, 3.05) is 23.9 Å². The van der Waals surface area contributed by atoms with Crippen molar-refractivity contribution in [3.63, 3.8) is 0 Å². The fourth-order valence-corrected chi connectivity index (χ4v) is 3.28. The average molecular weight is 397 g/mol. The minimum atomic E-state index is -0.511. The molecule has 0 radical (unpaired) electrons. The molecule has 0 spiro atoms. The number of esters is 1. The number of aromatic nitrogens is 3. The van der Waals surface area contributed by atoms with E-state index in [0.717, 1.165) is 5.56 Å². The molecule has 1 aromatic heterocycles. The van der Waals surface area contributed by atoms with Crippen LogP contribution in [0.3, 0.4) is 0 Å². The summed E-state index contributed by atoms with van der Waals surface area (Å²) in [4.78, 5) is 24.1. The van der Waals surface area contributed by atoms with Crippen LogP contribution in [0.4, 0.5) is 11.4 Å². The Bertz CT molecular complexity index is 1020. The molecule has 0 fully saturated rings. The van der Waals surface area contributed by atoms with Gasteiger partial charge in [-0.2, -0.15) is 0 Å². The van der Waals surface area contributed by atoms with Gasteiger partial charge >= 0.3 is 5.97 Å². The molecular weight excluding hydrogens is 378 g/mol. The molecule has 3 aromatic rings. The molecule has 0 aliphatic heterocycles. The van der Waals surface area contributed by atoms with Gasteiger partial charge in [-0.3, -0.25) is 4.79 Å². The molecule has 8 nitrogen and oxygen atoms in total. The number of hydrogen-bond donors (Lipinski definition) is 2. The van der Waals surface area contributed by atoms with E-state index in [9.17, 15) is 9.59 Å². The second kappa shape index (κ2) is 8.57. The molecule has 28 heavy (non-hydrogen) atoms. The van der Waals surface area contributed by atoms with Crippen molar-refractivity contribution in [3.8, 4) is 11.4 Å². The van der Waals surface area contributed by atoms with Gasteiger partial charge in [-0.25, -0.2) is 4.79 Å². The number of rotatable bonds is 6. The van der Waals surface area contributed by atoms with Crippen molar-refractivity contribution in [3.05, 3.63) is 54.1 Å². The van der Waals surface area contributed by atoms with Crippen LogP contribution in [0.25, 0.3) is 11.4 Å². The van der Waals surface area contributed by atoms with Crippen molar-refractivity contribution in [2.24, 2.45) is 7.05 Å². The summed E-state index contributed by atoms with van der Waals surface area (Å²) in [5, 5.41) is 11.6. The Balaban J connectivity index is 1.67. The number of hydrogen-bond acceptors (Lipinski definition) is 7. The van der Waals surface area contributed by atoms with E-state index in [0.29, 0.717) is 27.9 Å². The van der Waals surface area contributed by atoms with Crippen LogP contribution in [-0.4, -0.2) is 39.5 Å². The second-order valence-corrected chi connectivity index (χ2v) is 6.81. The van der Waals surface area contributed by atoms with Gasteiger partial charge in [-0.15, -0.1) is 10.2 Å². The second-order valence-electron chi connectivity index (χ2n) is 5.86. The number of benzene rings is 2. The minimum absolute atomic E-state index is 0.110. The molecule has 0 saturated carbocycles. The Morgan fingerprint density at radius 2 is 1.96 bits per heavy atom. The van der Waals surface area contributed by atoms with E-state index in [4.69, 9.17) is 10.5 Å². The highest BCUT2D eigenvalue weighted by Gasteiger charge is 2.16. The van der Waals surface area contributed by atoms with E-state index in [1.807, 2.05) is 25.2 Å². The fraction of sp³-hybridized carbons (Fsp3) is 0.158. The molecule has 144 valence electrons. The number of ether oxygens (including phenoxy) is 1. The van der Waals surface area contributed by atoms with Crippen LogP contribution in [0.15, 0.2) is 53.7 Å². The standard InChI is InChI=1S/C19H19N5O3S/c1-24-17(12-6-5-7-13(20)10-12)22-23-19(24)28-11-16(25)21-15-9-4-3-8-14(15)18(26)27-2/h3-10H,11,20H2,1-2H3,(H,21,25). The van der Waals surface area contributed by atoms with E-state index in [2.05, 4.69) is 15.5 Å². The maximum atomic E-state index is 12.3. The van der Waals surface area contributed by atoms with Crippen molar-refractivity contribution >= 4 is 35.0 Å². The summed E-state index contributed by atoms with van der Waals surface area (Å²) in [5.41, 5.74) is 8.00. The van der Waals surface area contributed by atoms with Crippen LogP contribution in [-0.2, 0) is 16.6 Å². The summed E-state index contributed by atoms with van der Waals surface area (Å²) >= 11 is 1.24. The van der Waals surface area contributed by atoms with Gasteiger partial charge in [-0.05, 0) is 24.3 Å². The Morgan fingerprint density at radius 3 is 2.71 bits per heavy atom. The Kier molecular flexibility index (Phi) is 5.95. The van der Waals surface area contributed by atoms with Gasteiger partial charge in [0.05, 0.1) is 24.1 Å². The lowest BCUT2D eigenvalue weighted by Gasteiger charge is -2.09. The third kappa shape index (κ3) is 4.32. The van der Waals surface area contributed by atoms with Crippen LogP contribution in [0.5, 0.6) is 0 Å². The first kappa shape index (κ1) is 19.4. The molecule has 1 amide bonds. The molecule has 0 saturated heterocycles. The number of carbonyl (C=O) groups is 2. The molecular formula is C19H19N5O3S. The zero-order valence-electron chi connectivity index (χ0n) is 15.4. The quantitative estimate of drug-likeness (QED) is 0.373. The van der Waals surface area contributed by atoms with Crippen molar-refractivity contribution < 1.29 is 14.3 Å². The zero-order chi connectivity index (χ0) is 20.1. The van der Waals surface area contributed by atoms with Gasteiger partial charge in [-0.1, -0.05) is 36.0 Å². The van der Waals surface area contributed by atoms with Gasteiger partial charge in [0.1, 0.15) is 0 Å². The topological polar surface area (TPSA) is 112 Å². The van der Waals surface area contributed by atoms with Gasteiger partial charge in [0.15, 0.2) is 11.0 Å². The van der Waals surface area contributed by atoms with E-state index in [1.54, 1.807) is 34.9 Å². The van der Waals surface area contributed by atoms with Crippen molar-refractivity contribution in [2.45, 2.75) is 5.16 Å². The number of carbonyl (C=O) groups excluding carboxylic acids is 2. The number of thioether (sulfide) groups is 1.